The van der Waals surface area contributed by atoms with E-state index in [-0.39, 0.29) is 5.91 Å². The van der Waals surface area contributed by atoms with Crippen LogP contribution < -0.4 is 11.1 Å². The van der Waals surface area contributed by atoms with Crippen LogP contribution in [0.15, 0.2) is 0 Å². The molecule has 0 unspecified atom stereocenters. The summed E-state index contributed by atoms with van der Waals surface area (Å²) in [5.74, 6) is 0.104. The van der Waals surface area contributed by atoms with E-state index in [0.29, 0.717) is 18.8 Å². The lowest BCUT2D eigenvalue weighted by atomic mass is 10.0. The number of rotatable bonds is 11. The van der Waals surface area contributed by atoms with Crippen LogP contribution in [0.5, 0.6) is 0 Å². The van der Waals surface area contributed by atoms with Crippen molar-refractivity contribution < 1.29 is 9.59 Å². The summed E-state index contributed by atoms with van der Waals surface area (Å²) in [6.45, 7) is 2.20. The normalized spacial score (nSPS) is 16.8. The Labute approximate surface area is 129 Å². The molecule has 1 atom stereocenters. The number of carbonyl (C=O) groups excluding carboxylic acids is 2. The van der Waals surface area contributed by atoms with Gasteiger partial charge in [-0.3, -0.25) is 9.59 Å². The highest BCUT2D eigenvalue weighted by molar-refractivity contribution is 5.86. The summed E-state index contributed by atoms with van der Waals surface area (Å²) in [7, 11) is 0. The molecule has 1 saturated carbocycles. The fraction of sp³-hybridized carbons (Fsp3) is 0.882. The van der Waals surface area contributed by atoms with E-state index in [4.69, 9.17) is 5.73 Å². The lowest BCUT2D eigenvalue weighted by Crippen LogP contribution is -2.44. The summed E-state index contributed by atoms with van der Waals surface area (Å²) in [4.78, 5) is 23.4. The molecule has 0 aromatic rings. The van der Waals surface area contributed by atoms with E-state index in [2.05, 4.69) is 12.2 Å². The zero-order chi connectivity index (χ0) is 15.5. The molecule has 0 aromatic heterocycles. The molecule has 1 fully saturated rings. The van der Waals surface area contributed by atoms with E-state index in [0.717, 1.165) is 25.7 Å². The highest BCUT2D eigenvalue weighted by Crippen LogP contribution is 2.27. The Bertz CT molecular complexity index is 312. The van der Waals surface area contributed by atoms with Gasteiger partial charge < -0.3 is 11.1 Å². The number of amides is 2. The second kappa shape index (κ2) is 10.6. The third kappa shape index (κ3) is 8.08. The highest BCUT2D eigenvalue weighted by atomic mass is 16.2. The molecule has 1 aliphatic carbocycles. The van der Waals surface area contributed by atoms with Crippen LogP contribution in [0.3, 0.4) is 0 Å². The molecule has 1 aliphatic rings. The summed E-state index contributed by atoms with van der Waals surface area (Å²) >= 11 is 0. The van der Waals surface area contributed by atoms with Crippen molar-refractivity contribution in [2.24, 2.45) is 11.7 Å². The quantitative estimate of drug-likeness (QED) is 0.574. The van der Waals surface area contributed by atoms with Gasteiger partial charge in [0.05, 0.1) is 0 Å². The molecular weight excluding hydrogens is 264 g/mol. The smallest absolute Gasteiger partial charge is 0.239 e. The average molecular weight is 296 g/mol. The standard InChI is InChI=1S/C17H32N2O2/c1-2-3-4-5-6-7-12-15(17(18)21)19-16(20)13-14-10-8-9-11-14/h14-15H,2-13H2,1H3,(H2,18,21)(H,19,20)/t15-/m0/s1. The highest BCUT2D eigenvalue weighted by Gasteiger charge is 2.22. The van der Waals surface area contributed by atoms with Gasteiger partial charge in [0.25, 0.3) is 0 Å². The Morgan fingerprint density at radius 1 is 1.10 bits per heavy atom. The first kappa shape index (κ1) is 18.0. The molecule has 0 aliphatic heterocycles. The Balaban J connectivity index is 2.19. The SMILES string of the molecule is CCCCCCCC[C@H](NC(=O)CC1CCCC1)C(N)=O. The van der Waals surface area contributed by atoms with Crippen molar-refractivity contribution in [3.63, 3.8) is 0 Å². The first-order valence-electron chi connectivity index (χ1n) is 8.72. The van der Waals surface area contributed by atoms with Crippen LogP contribution in [0.2, 0.25) is 0 Å². The number of carbonyl (C=O) groups is 2. The van der Waals surface area contributed by atoms with Gasteiger partial charge in [-0.2, -0.15) is 0 Å². The maximum absolute atomic E-state index is 12.0. The Hall–Kier alpha value is -1.06. The van der Waals surface area contributed by atoms with Crippen molar-refractivity contribution in [2.45, 2.75) is 90.0 Å². The third-order valence-corrected chi connectivity index (χ3v) is 4.47. The number of nitrogens with one attached hydrogen (secondary N) is 1. The summed E-state index contributed by atoms with van der Waals surface area (Å²) in [5.41, 5.74) is 5.40. The van der Waals surface area contributed by atoms with Crippen LogP contribution >= 0.6 is 0 Å². The Kier molecular flexibility index (Phi) is 9.11. The summed E-state index contributed by atoms with van der Waals surface area (Å²) in [5, 5.41) is 2.83. The van der Waals surface area contributed by atoms with Crippen LogP contribution in [0.25, 0.3) is 0 Å². The second-order valence-corrected chi connectivity index (χ2v) is 6.43. The van der Waals surface area contributed by atoms with Crippen LogP contribution in [0.1, 0.15) is 84.0 Å². The molecule has 0 spiro atoms. The molecule has 0 heterocycles. The monoisotopic (exact) mass is 296 g/mol. The molecule has 3 N–H and O–H groups in total. The summed E-state index contributed by atoms with van der Waals surface area (Å²) < 4.78 is 0. The maximum Gasteiger partial charge on any atom is 0.239 e. The molecule has 122 valence electrons. The summed E-state index contributed by atoms with van der Waals surface area (Å²) in [6, 6.07) is -0.481. The number of nitrogens with two attached hydrogens (primary N) is 1. The van der Waals surface area contributed by atoms with Crippen molar-refractivity contribution >= 4 is 11.8 Å². The molecule has 4 heteroatoms. The van der Waals surface area contributed by atoms with Gasteiger partial charge in [-0.25, -0.2) is 0 Å². The minimum Gasteiger partial charge on any atom is -0.368 e. The lowest BCUT2D eigenvalue weighted by molar-refractivity contribution is -0.128. The van der Waals surface area contributed by atoms with Gasteiger partial charge in [0.1, 0.15) is 6.04 Å². The first-order chi connectivity index (χ1) is 10.1. The van der Waals surface area contributed by atoms with Crippen LogP contribution in [0, 0.1) is 5.92 Å². The zero-order valence-electron chi connectivity index (χ0n) is 13.5. The van der Waals surface area contributed by atoms with Crippen molar-refractivity contribution in [3.8, 4) is 0 Å². The van der Waals surface area contributed by atoms with Gasteiger partial charge >= 0.3 is 0 Å². The van der Waals surface area contributed by atoms with Crippen molar-refractivity contribution in [2.75, 3.05) is 0 Å². The van der Waals surface area contributed by atoms with E-state index in [1.165, 1.54) is 38.5 Å². The summed E-state index contributed by atoms with van der Waals surface area (Å²) in [6.07, 6.45) is 13.0. The van der Waals surface area contributed by atoms with Crippen molar-refractivity contribution in [3.05, 3.63) is 0 Å². The molecule has 0 saturated heterocycles. The molecule has 21 heavy (non-hydrogen) atoms. The molecule has 1 rings (SSSR count). The van der Waals surface area contributed by atoms with Crippen LogP contribution in [-0.2, 0) is 9.59 Å². The second-order valence-electron chi connectivity index (χ2n) is 6.43. The molecule has 0 bridgehead atoms. The average Bonchev–Trinajstić information content (AvgIpc) is 2.93. The lowest BCUT2D eigenvalue weighted by Gasteiger charge is -2.17. The van der Waals surface area contributed by atoms with Gasteiger partial charge in [0.15, 0.2) is 0 Å². The van der Waals surface area contributed by atoms with Crippen molar-refractivity contribution in [1.29, 1.82) is 0 Å². The minimum atomic E-state index is -0.481. The van der Waals surface area contributed by atoms with E-state index in [9.17, 15) is 9.59 Å². The Morgan fingerprint density at radius 2 is 1.71 bits per heavy atom. The topological polar surface area (TPSA) is 72.2 Å². The fourth-order valence-electron chi connectivity index (χ4n) is 3.14. The van der Waals surface area contributed by atoms with E-state index < -0.39 is 11.9 Å². The number of hydrogen-bond donors (Lipinski definition) is 2. The minimum absolute atomic E-state index is 0.00307. The van der Waals surface area contributed by atoms with Crippen LogP contribution in [0.4, 0.5) is 0 Å². The first-order valence-corrected chi connectivity index (χ1v) is 8.72. The molecule has 2 amide bonds. The molecule has 4 nitrogen and oxygen atoms in total. The van der Waals surface area contributed by atoms with Gasteiger partial charge in [-0.15, -0.1) is 0 Å². The van der Waals surface area contributed by atoms with E-state index in [1.807, 2.05) is 0 Å². The van der Waals surface area contributed by atoms with Gasteiger partial charge in [-0.05, 0) is 25.2 Å². The van der Waals surface area contributed by atoms with Gasteiger partial charge in [-0.1, -0.05) is 58.3 Å². The number of unbranched alkanes of at least 4 members (excludes halogenated alkanes) is 5. The molecule has 0 aromatic carbocycles. The third-order valence-electron chi connectivity index (χ3n) is 4.47. The predicted molar refractivity (Wildman–Crippen MR) is 85.7 cm³/mol. The fourth-order valence-corrected chi connectivity index (χ4v) is 3.14. The maximum atomic E-state index is 12.0. The van der Waals surface area contributed by atoms with Crippen molar-refractivity contribution in [1.82, 2.24) is 5.32 Å². The largest absolute Gasteiger partial charge is 0.368 e. The molecular formula is C17H32N2O2. The van der Waals surface area contributed by atoms with Crippen LogP contribution in [-0.4, -0.2) is 17.9 Å². The number of hydrogen-bond acceptors (Lipinski definition) is 2. The van der Waals surface area contributed by atoms with E-state index >= 15 is 0 Å². The number of primary amides is 1. The van der Waals surface area contributed by atoms with Gasteiger partial charge in [0.2, 0.25) is 11.8 Å². The van der Waals surface area contributed by atoms with E-state index in [1.54, 1.807) is 0 Å². The zero-order valence-corrected chi connectivity index (χ0v) is 13.5. The molecule has 0 radical (unpaired) electrons. The predicted octanol–water partition coefficient (Wildman–Crippen LogP) is 3.29. The Morgan fingerprint density at radius 3 is 2.33 bits per heavy atom. The van der Waals surface area contributed by atoms with Gasteiger partial charge in [0, 0.05) is 6.42 Å².